The van der Waals surface area contributed by atoms with Gasteiger partial charge in [0.2, 0.25) is 5.69 Å². The molecule has 0 bridgehead atoms. The summed E-state index contributed by atoms with van der Waals surface area (Å²) >= 11 is 0. The molecule has 3 aliphatic heterocycles. The molecule has 0 aliphatic carbocycles. The third-order valence-corrected chi connectivity index (χ3v) is 5.13. The highest BCUT2D eigenvalue weighted by molar-refractivity contribution is 6.76. The highest BCUT2D eigenvalue weighted by Gasteiger charge is 2.51. The van der Waals surface area contributed by atoms with E-state index in [1.54, 1.807) is 0 Å². The minimum atomic E-state index is -0.0607. The summed E-state index contributed by atoms with van der Waals surface area (Å²) in [6.45, 7) is 3.12. The molecule has 0 saturated carbocycles. The van der Waals surface area contributed by atoms with Crippen molar-refractivity contribution < 1.29 is 9.22 Å². The smallest absolute Gasteiger partial charge is 0.531 e. The lowest BCUT2D eigenvalue weighted by Gasteiger charge is -2.28. The molecule has 0 saturated heterocycles. The van der Waals surface area contributed by atoms with E-state index in [0.717, 1.165) is 18.0 Å². The van der Waals surface area contributed by atoms with Gasteiger partial charge in [-0.3, -0.25) is 0 Å². The molecule has 0 unspecified atom stereocenters. The van der Waals surface area contributed by atoms with Gasteiger partial charge in [-0.2, -0.15) is 4.57 Å². The Bertz CT molecular complexity index is 1010. The van der Waals surface area contributed by atoms with Crippen molar-refractivity contribution in [2.75, 3.05) is 4.81 Å². The lowest BCUT2D eigenvalue weighted by Crippen LogP contribution is -2.54. The number of aromatic nitrogens is 1. The molecule has 2 aromatic carbocycles. The van der Waals surface area contributed by atoms with E-state index in [4.69, 9.17) is 4.65 Å². The van der Waals surface area contributed by atoms with E-state index in [1.165, 1.54) is 33.5 Å². The molecule has 108 valence electrons. The van der Waals surface area contributed by atoms with Gasteiger partial charge in [0.15, 0.2) is 12.7 Å². The maximum absolute atomic E-state index is 6.34. The van der Waals surface area contributed by atoms with Crippen LogP contribution in [0.3, 0.4) is 0 Å². The third kappa shape index (κ3) is 1.31. The van der Waals surface area contributed by atoms with Gasteiger partial charge in [-0.1, -0.05) is 24.3 Å². The minimum absolute atomic E-state index is 0.0607. The largest absolute Gasteiger partial charge is 0.536 e. The van der Waals surface area contributed by atoms with E-state index in [-0.39, 0.29) is 7.05 Å². The highest BCUT2D eigenvalue weighted by Crippen LogP contribution is 2.48. The number of anilines is 2. The number of para-hydroxylation sites is 2. The zero-order valence-corrected chi connectivity index (χ0v) is 12.8. The molecule has 0 atom stereocenters. The number of fused-ring (bicyclic) bond motifs is 5. The summed E-state index contributed by atoms with van der Waals surface area (Å²) in [5.41, 5.74) is 9.08. The second kappa shape index (κ2) is 3.77. The number of aryl methyl sites for hydroxylation is 1. The summed E-state index contributed by atoms with van der Waals surface area (Å²) in [5.74, 6) is 0.968. The summed E-state index contributed by atoms with van der Waals surface area (Å²) in [6.07, 6.45) is 2.25. The standard InChI is InChI=1S/C19H14BN2O/c1-12-9-14-19-18-13(11-21(19)10-12)5-4-7-16(18)22-15-6-2-3-8-17(15)23-20(14)22/h2-10H,11H2,1H3/q+1. The Balaban J connectivity index is 1.75. The number of rotatable bonds is 0. The first kappa shape index (κ1) is 11.8. The Morgan fingerprint density at radius 2 is 1.96 bits per heavy atom. The fourth-order valence-electron chi connectivity index (χ4n) is 4.32. The van der Waals surface area contributed by atoms with Crippen LogP contribution in [0, 0.1) is 6.92 Å². The number of pyridine rings is 1. The number of hydrogen-bond acceptors (Lipinski definition) is 2. The molecule has 3 aliphatic rings. The predicted molar refractivity (Wildman–Crippen MR) is 90.5 cm³/mol. The maximum Gasteiger partial charge on any atom is 0.531 e. The van der Waals surface area contributed by atoms with E-state index < -0.39 is 0 Å². The molecule has 0 fully saturated rings. The zero-order valence-electron chi connectivity index (χ0n) is 12.8. The van der Waals surface area contributed by atoms with Gasteiger partial charge in [0.05, 0.1) is 16.7 Å². The number of nitrogens with zero attached hydrogens (tertiary/aromatic N) is 2. The summed E-state index contributed by atoms with van der Waals surface area (Å²) in [7, 11) is -0.0607. The molecule has 0 N–H and O–H groups in total. The van der Waals surface area contributed by atoms with Crippen molar-refractivity contribution in [3.8, 4) is 17.0 Å². The quantitative estimate of drug-likeness (QED) is 0.366. The van der Waals surface area contributed by atoms with Crippen molar-refractivity contribution in [1.82, 2.24) is 0 Å². The molecule has 6 rings (SSSR count). The van der Waals surface area contributed by atoms with Crippen LogP contribution in [0.1, 0.15) is 11.1 Å². The predicted octanol–water partition coefficient (Wildman–Crippen LogP) is 2.55. The van der Waals surface area contributed by atoms with Crippen molar-refractivity contribution in [2.24, 2.45) is 0 Å². The molecule has 0 spiro atoms. The molecule has 4 heteroatoms. The van der Waals surface area contributed by atoms with Gasteiger partial charge in [-0.05, 0) is 31.2 Å². The monoisotopic (exact) mass is 297 g/mol. The van der Waals surface area contributed by atoms with Crippen LogP contribution in [0.5, 0.6) is 5.75 Å². The average molecular weight is 297 g/mol. The lowest BCUT2D eigenvalue weighted by atomic mass is 9.66. The van der Waals surface area contributed by atoms with Gasteiger partial charge in [0.1, 0.15) is 5.75 Å². The second-order valence-electron chi connectivity index (χ2n) is 6.57. The van der Waals surface area contributed by atoms with E-state index >= 15 is 0 Å². The lowest BCUT2D eigenvalue weighted by molar-refractivity contribution is -0.671. The van der Waals surface area contributed by atoms with Crippen LogP contribution < -0.4 is 19.5 Å². The highest BCUT2D eigenvalue weighted by atomic mass is 16.5. The second-order valence-corrected chi connectivity index (χ2v) is 6.57. The van der Waals surface area contributed by atoms with Crippen molar-refractivity contribution >= 4 is 23.9 Å². The van der Waals surface area contributed by atoms with E-state index in [9.17, 15) is 0 Å². The first-order chi connectivity index (χ1) is 11.3. The Labute approximate surface area is 134 Å². The van der Waals surface area contributed by atoms with Crippen molar-refractivity contribution in [3.63, 3.8) is 0 Å². The average Bonchev–Trinajstić information content (AvgIpc) is 3.12. The van der Waals surface area contributed by atoms with Crippen LogP contribution in [0.25, 0.3) is 11.3 Å². The summed E-state index contributed by atoms with van der Waals surface area (Å²) in [6, 6.07) is 17.2. The topological polar surface area (TPSA) is 16.4 Å². The Kier molecular flexibility index (Phi) is 1.93. The molecule has 23 heavy (non-hydrogen) atoms. The number of benzene rings is 2. The minimum Gasteiger partial charge on any atom is -0.536 e. The first-order valence-electron chi connectivity index (χ1n) is 8.02. The van der Waals surface area contributed by atoms with E-state index in [2.05, 4.69) is 65.0 Å². The van der Waals surface area contributed by atoms with Crippen LogP contribution in [-0.2, 0) is 6.54 Å². The summed E-state index contributed by atoms with van der Waals surface area (Å²) in [5, 5.41) is 0. The third-order valence-electron chi connectivity index (χ3n) is 5.13. The van der Waals surface area contributed by atoms with E-state index in [0.29, 0.717) is 0 Å². The molecule has 3 nitrogen and oxygen atoms in total. The zero-order chi connectivity index (χ0) is 15.1. The molecule has 0 radical (unpaired) electrons. The van der Waals surface area contributed by atoms with Gasteiger partial charge in [0, 0.05) is 16.8 Å². The van der Waals surface area contributed by atoms with Crippen LogP contribution >= 0.6 is 0 Å². The summed E-state index contributed by atoms with van der Waals surface area (Å²) in [4.78, 5) is 2.35. The fourth-order valence-corrected chi connectivity index (χ4v) is 4.32. The molecule has 3 aromatic rings. The fraction of sp³-hybridized carbons (Fsp3) is 0.105. The molecule has 4 heterocycles. The van der Waals surface area contributed by atoms with Gasteiger partial charge < -0.3 is 9.47 Å². The molecular formula is C19H14BN2O+. The van der Waals surface area contributed by atoms with Crippen molar-refractivity contribution in [3.05, 3.63) is 65.9 Å². The van der Waals surface area contributed by atoms with Crippen LogP contribution in [0.15, 0.2) is 54.7 Å². The first-order valence-corrected chi connectivity index (χ1v) is 8.02. The SMILES string of the molecule is Cc1cc2c3[n+](c1)Cc1cccc(c1-3)N1B2Oc2ccccc21. The van der Waals surface area contributed by atoms with E-state index in [1.807, 2.05) is 6.07 Å². The molecule has 0 amide bonds. The van der Waals surface area contributed by atoms with Gasteiger partial charge in [-0.25, -0.2) is 0 Å². The normalized spacial score (nSPS) is 15.2. The Hall–Kier alpha value is -2.75. The maximum atomic E-state index is 6.34. The van der Waals surface area contributed by atoms with Crippen LogP contribution in [0.4, 0.5) is 11.4 Å². The molecule has 1 aromatic heterocycles. The van der Waals surface area contributed by atoms with Gasteiger partial charge >= 0.3 is 7.05 Å². The van der Waals surface area contributed by atoms with Crippen molar-refractivity contribution in [2.45, 2.75) is 13.5 Å². The molecular weight excluding hydrogens is 283 g/mol. The van der Waals surface area contributed by atoms with Gasteiger partial charge in [0.25, 0.3) is 0 Å². The Morgan fingerprint density at radius 1 is 1.09 bits per heavy atom. The number of hydrogen-bond donors (Lipinski definition) is 0. The van der Waals surface area contributed by atoms with Crippen molar-refractivity contribution in [1.29, 1.82) is 0 Å². The van der Waals surface area contributed by atoms with Gasteiger partial charge in [-0.15, -0.1) is 0 Å². The Morgan fingerprint density at radius 3 is 2.91 bits per heavy atom. The summed E-state index contributed by atoms with van der Waals surface area (Å²) < 4.78 is 8.72. The van der Waals surface area contributed by atoms with Crippen LogP contribution in [-0.4, -0.2) is 7.05 Å². The van der Waals surface area contributed by atoms with Crippen LogP contribution in [0.2, 0.25) is 0 Å².